The molecule has 0 spiro atoms. The highest BCUT2D eigenvalue weighted by molar-refractivity contribution is 5.38. The van der Waals surface area contributed by atoms with Crippen molar-refractivity contribution in [3.63, 3.8) is 0 Å². The summed E-state index contributed by atoms with van der Waals surface area (Å²) in [6, 6.07) is 9.04. The molecule has 2 aliphatic heterocycles. The van der Waals surface area contributed by atoms with Gasteiger partial charge >= 0.3 is 0 Å². The van der Waals surface area contributed by atoms with E-state index in [2.05, 4.69) is 30.0 Å². The molecule has 0 aliphatic carbocycles. The Balaban J connectivity index is 1.74. The molecule has 0 radical (unpaired) electrons. The molecule has 0 bridgehead atoms. The van der Waals surface area contributed by atoms with Gasteiger partial charge < -0.3 is 15.4 Å². The number of fused-ring (bicyclic) bond motifs is 1. The first kappa shape index (κ1) is 13.9. The van der Waals surface area contributed by atoms with Gasteiger partial charge in [0, 0.05) is 18.2 Å². The van der Waals surface area contributed by atoms with Crippen LogP contribution in [0.25, 0.3) is 0 Å². The maximum Gasteiger partial charge on any atom is 0.124 e. The summed E-state index contributed by atoms with van der Waals surface area (Å²) in [5, 5.41) is 0. The molecule has 20 heavy (non-hydrogen) atoms. The smallest absolute Gasteiger partial charge is 0.124 e. The molecule has 2 aliphatic rings. The van der Waals surface area contributed by atoms with Crippen LogP contribution in [0.15, 0.2) is 24.3 Å². The Bertz CT molecular complexity index is 465. The van der Waals surface area contributed by atoms with Gasteiger partial charge in [0.1, 0.15) is 12.4 Å². The summed E-state index contributed by atoms with van der Waals surface area (Å²) in [5.41, 5.74) is 7.64. The van der Waals surface area contributed by atoms with Gasteiger partial charge in [-0.3, -0.25) is 4.90 Å². The molecular formula is C16H25N3O. The van der Waals surface area contributed by atoms with Gasteiger partial charge in [-0.1, -0.05) is 18.2 Å². The molecule has 1 aromatic rings. The number of likely N-dealkylation sites (N-methyl/N-ethyl adjacent to an activating group) is 2. The molecule has 1 fully saturated rings. The largest absolute Gasteiger partial charge is 0.492 e. The van der Waals surface area contributed by atoms with Gasteiger partial charge in [0.05, 0.1) is 12.1 Å². The monoisotopic (exact) mass is 275 g/mol. The van der Waals surface area contributed by atoms with Gasteiger partial charge in [-0.15, -0.1) is 0 Å². The van der Waals surface area contributed by atoms with Gasteiger partial charge in [-0.05, 0) is 39.5 Å². The predicted octanol–water partition coefficient (Wildman–Crippen LogP) is 1.47. The van der Waals surface area contributed by atoms with E-state index in [-0.39, 0.29) is 12.1 Å². The number of rotatable bonds is 2. The Labute approximate surface area is 121 Å². The van der Waals surface area contributed by atoms with E-state index < -0.39 is 0 Å². The van der Waals surface area contributed by atoms with Crippen LogP contribution in [0, 0.1) is 0 Å². The summed E-state index contributed by atoms with van der Waals surface area (Å²) in [6.45, 7) is 3.02. The Hall–Kier alpha value is -1.10. The number of hydrogen-bond donors (Lipinski definition) is 1. The number of nitrogens with zero attached hydrogens (tertiary/aromatic N) is 2. The Morgan fingerprint density at radius 1 is 1.35 bits per heavy atom. The topological polar surface area (TPSA) is 41.7 Å². The number of benzene rings is 1. The fourth-order valence-electron chi connectivity index (χ4n) is 3.49. The molecule has 2 heterocycles. The van der Waals surface area contributed by atoms with Crippen molar-refractivity contribution >= 4 is 0 Å². The molecule has 2 N–H and O–H groups in total. The predicted molar refractivity (Wildman–Crippen MR) is 80.9 cm³/mol. The van der Waals surface area contributed by atoms with E-state index in [1.807, 2.05) is 18.2 Å². The van der Waals surface area contributed by atoms with Gasteiger partial charge in [0.25, 0.3) is 0 Å². The van der Waals surface area contributed by atoms with Crippen LogP contribution in [0.5, 0.6) is 5.75 Å². The van der Waals surface area contributed by atoms with Crippen molar-refractivity contribution in [3.8, 4) is 5.75 Å². The average molecular weight is 275 g/mol. The number of para-hydroxylation sites is 1. The first-order valence-electron chi connectivity index (χ1n) is 7.54. The lowest BCUT2D eigenvalue weighted by Crippen LogP contribution is -2.54. The molecule has 3 atom stereocenters. The van der Waals surface area contributed by atoms with Crippen LogP contribution >= 0.6 is 0 Å². The minimum Gasteiger partial charge on any atom is -0.492 e. The molecule has 4 heteroatoms. The van der Waals surface area contributed by atoms with E-state index in [1.54, 1.807) is 0 Å². The zero-order valence-corrected chi connectivity index (χ0v) is 12.5. The molecule has 0 saturated carbocycles. The van der Waals surface area contributed by atoms with Crippen LogP contribution in [0.1, 0.15) is 24.4 Å². The summed E-state index contributed by atoms with van der Waals surface area (Å²) < 4.78 is 5.91. The zero-order valence-electron chi connectivity index (χ0n) is 12.5. The first-order chi connectivity index (χ1) is 9.66. The van der Waals surface area contributed by atoms with Gasteiger partial charge in [0.15, 0.2) is 0 Å². The van der Waals surface area contributed by atoms with Crippen LogP contribution in [0.2, 0.25) is 0 Å². The maximum atomic E-state index is 6.50. The molecule has 110 valence electrons. The fourth-order valence-corrected chi connectivity index (χ4v) is 3.49. The maximum absolute atomic E-state index is 6.50. The highest BCUT2D eigenvalue weighted by Gasteiger charge is 2.34. The highest BCUT2D eigenvalue weighted by Crippen LogP contribution is 2.33. The molecule has 1 saturated heterocycles. The minimum atomic E-state index is 0.0391. The molecule has 1 aromatic carbocycles. The lowest BCUT2D eigenvalue weighted by Gasteiger charge is -2.43. The Kier molecular flexibility index (Phi) is 3.96. The van der Waals surface area contributed by atoms with E-state index >= 15 is 0 Å². The highest BCUT2D eigenvalue weighted by atomic mass is 16.5. The van der Waals surface area contributed by atoms with Crippen LogP contribution in [0.3, 0.4) is 0 Å². The van der Waals surface area contributed by atoms with Crippen LogP contribution in [0.4, 0.5) is 0 Å². The average Bonchev–Trinajstić information content (AvgIpc) is 2.47. The lowest BCUT2D eigenvalue weighted by atomic mass is 9.94. The van der Waals surface area contributed by atoms with E-state index in [1.165, 1.54) is 19.4 Å². The molecule has 4 nitrogen and oxygen atoms in total. The molecule has 3 unspecified atom stereocenters. The second-order valence-corrected chi connectivity index (χ2v) is 6.17. The van der Waals surface area contributed by atoms with E-state index in [9.17, 15) is 0 Å². The summed E-state index contributed by atoms with van der Waals surface area (Å²) in [4.78, 5) is 4.85. The summed E-state index contributed by atoms with van der Waals surface area (Å²) in [6.07, 6.45) is 2.52. The quantitative estimate of drug-likeness (QED) is 0.887. The van der Waals surface area contributed by atoms with E-state index in [0.717, 1.165) is 17.9 Å². The molecule has 3 rings (SSSR count). The van der Waals surface area contributed by atoms with Crippen molar-refractivity contribution in [2.24, 2.45) is 5.73 Å². The van der Waals surface area contributed by atoms with Crippen molar-refractivity contribution in [1.82, 2.24) is 9.80 Å². The second-order valence-electron chi connectivity index (χ2n) is 6.17. The third-order valence-electron chi connectivity index (χ3n) is 4.80. The number of likely N-dealkylation sites (tertiary alicyclic amines) is 1. The van der Waals surface area contributed by atoms with Crippen molar-refractivity contribution in [2.75, 3.05) is 33.8 Å². The second kappa shape index (κ2) is 5.72. The van der Waals surface area contributed by atoms with Crippen molar-refractivity contribution in [3.05, 3.63) is 29.8 Å². The Morgan fingerprint density at radius 3 is 2.95 bits per heavy atom. The lowest BCUT2D eigenvalue weighted by molar-refractivity contribution is 0.0515. The standard InChI is InChI=1S/C16H25N3O/c1-18-9-5-6-12(10-18)19(2)14-11-20-15-8-4-3-7-13(15)16(14)17/h3-4,7-8,12,14,16H,5-6,9-11,17H2,1-2H3. The summed E-state index contributed by atoms with van der Waals surface area (Å²) in [5.74, 6) is 0.949. The Morgan fingerprint density at radius 2 is 2.15 bits per heavy atom. The third-order valence-corrected chi connectivity index (χ3v) is 4.80. The minimum absolute atomic E-state index is 0.0391. The number of piperidine rings is 1. The number of hydrogen-bond acceptors (Lipinski definition) is 4. The fraction of sp³-hybridized carbons (Fsp3) is 0.625. The van der Waals surface area contributed by atoms with Crippen molar-refractivity contribution in [2.45, 2.75) is 31.0 Å². The number of ether oxygens (including phenoxy) is 1. The number of nitrogens with two attached hydrogens (primary N) is 1. The zero-order chi connectivity index (χ0) is 14.1. The van der Waals surface area contributed by atoms with Crippen LogP contribution in [-0.2, 0) is 0 Å². The first-order valence-corrected chi connectivity index (χ1v) is 7.54. The SMILES string of the molecule is CN1CCCC(N(C)C2COc3ccccc3C2N)C1. The van der Waals surface area contributed by atoms with E-state index in [0.29, 0.717) is 12.6 Å². The van der Waals surface area contributed by atoms with Gasteiger partial charge in [-0.25, -0.2) is 0 Å². The van der Waals surface area contributed by atoms with Crippen LogP contribution in [-0.4, -0.2) is 55.7 Å². The molecular weight excluding hydrogens is 250 g/mol. The van der Waals surface area contributed by atoms with Crippen LogP contribution < -0.4 is 10.5 Å². The summed E-state index contributed by atoms with van der Waals surface area (Å²) >= 11 is 0. The van der Waals surface area contributed by atoms with E-state index in [4.69, 9.17) is 10.5 Å². The third kappa shape index (κ3) is 2.55. The molecule has 0 amide bonds. The normalized spacial score (nSPS) is 30.9. The summed E-state index contributed by atoms with van der Waals surface area (Å²) in [7, 11) is 4.40. The molecule has 0 aromatic heterocycles. The van der Waals surface area contributed by atoms with Gasteiger partial charge in [-0.2, -0.15) is 0 Å². The van der Waals surface area contributed by atoms with Gasteiger partial charge in [0.2, 0.25) is 0 Å². The van der Waals surface area contributed by atoms with Crippen molar-refractivity contribution < 1.29 is 4.74 Å². The van der Waals surface area contributed by atoms with Crippen molar-refractivity contribution in [1.29, 1.82) is 0 Å².